The van der Waals surface area contributed by atoms with E-state index in [0.717, 1.165) is 22.6 Å². The number of nitrogens with zero attached hydrogens (tertiary/aromatic N) is 1. The third-order valence-corrected chi connectivity index (χ3v) is 2.92. The molecule has 0 saturated carbocycles. The Labute approximate surface area is 102 Å². The molecule has 1 atom stereocenters. The van der Waals surface area contributed by atoms with Gasteiger partial charge < -0.3 is 14.7 Å². The first kappa shape index (κ1) is 13.4. The lowest BCUT2D eigenvalue weighted by Gasteiger charge is -2.26. The van der Waals surface area contributed by atoms with Crippen molar-refractivity contribution in [3.63, 3.8) is 0 Å². The molecular formula is C13H19NO3. The van der Waals surface area contributed by atoms with Crippen LogP contribution in [0.1, 0.15) is 18.1 Å². The van der Waals surface area contributed by atoms with E-state index < -0.39 is 12.0 Å². The number of carboxylic acids is 1. The Morgan fingerprint density at radius 3 is 2.47 bits per heavy atom. The Morgan fingerprint density at radius 1 is 1.41 bits per heavy atom. The Hall–Kier alpha value is -1.71. The fraction of sp³-hybridized carbons (Fsp3) is 0.462. The molecule has 17 heavy (non-hydrogen) atoms. The quantitative estimate of drug-likeness (QED) is 0.872. The molecule has 1 N–H and O–H groups in total. The molecule has 0 heterocycles. The van der Waals surface area contributed by atoms with Gasteiger partial charge in [-0.05, 0) is 38.0 Å². The third-order valence-electron chi connectivity index (χ3n) is 2.92. The largest absolute Gasteiger partial charge is 0.494 e. The molecule has 0 bridgehead atoms. The topological polar surface area (TPSA) is 49.8 Å². The SMILES string of the molecule is COc1c(C)cc(C)cc1N(C)C(C)C(=O)O. The number of likely N-dealkylation sites (N-methyl/N-ethyl adjacent to an activating group) is 1. The van der Waals surface area contributed by atoms with Crippen LogP contribution >= 0.6 is 0 Å². The predicted molar refractivity (Wildman–Crippen MR) is 68.0 cm³/mol. The maximum atomic E-state index is 11.0. The Bertz CT molecular complexity index is 429. The van der Waals surface area contributed by atoms with E-state index in [2.05, 4.69) is 0 Å². The first-order valence-electron chi connectivity index (χ1n) is 5.49. The van der Waals surface area contributed by atoms with Crippen LogP contribution in [0.15, 0.2) is 12.1 Å². The first-order valence-corrected chi connectivity index (χ1v) is 5.49. The molecule has 0 fully saturated rings. The molecular weight excluding hydrogens is 218 g/mol. The van der Waals surface area contributed by atoms with Gasteiger partial charge in [0.25, 0.3) is 0 Å². The number of hydrogen-bond donors (Lipinski definition) is 1. The standard InChI is InChI=1S/C13H19NO3/c1-8-6-9(2)12(17-5)11(7-8)14(4)10(3)13(15)16/h6-7,10H,1-5H3,(H,15,16). The number of ether oxygens (including phenoxy) is 1. The number of benzene rings is 1. The maximum Gasteiger partial charge on any atom is 0.326 e. The Balaban J connectivity index is 3.24. The summed E-state index contributed by atoms with van der Waals surface area (Å²) in [5, 5.41) is 9.03. The van der Waals surface area contributed by atoms with E-state index in [1.807, 2.05) is 26.0 Å². The van der Waals surface area contributed by atoms with Gasteiger partial charge in [0, 0.05) is 7.05 Å². The van der Waals surface area contributed by atoms with Gasteiger partial charge in [0.05, 0.1) is 12.8 Å². The minimum atomic E-state index is -0.853. The summed E-state index contributed by atoms with van der Waals surface area (Å²) in [7, 11) is 3.36. The second kappa shape index (κ2) is 5.08. The van der Waals surface area contributed by atoms with E-state index in [0.29, 0.717) is 0 Å². The lowest BCUT2D eigenvalue weighted by Crippen LogP contribution is -2.36. The van der Waals surface area contributed by atoms with E-state index in [-0.39, 0.29) is 0 Å². The predicted octanol–water partition coefficient (Wildman–Crippen LogP) is 2.22. The second-order valence-electron chi connectivity index (χ2n) is 4.26. The molecule has 1 aromatic carbocycles. The second-order valence-corrected chi connectivity index (χ2v) is 4.26. The molecule has 0 saturated heterocycles. The van der Waals surface area contributed by atoms with E-state index in [1.165, 1.54) is 0 Å². The number of hydrogen-bond acceptors (Lipinski definition) is 3. The van der Waals surface area contributed by atoms with Crippen molar-refractivity contribution in [3.05, 3.63) is 23.3 Å². The molecule has 0 aliphatic carbocycles. The molecule has 0 aliphatic rings. The minimum Gasteiger partial charge on any atom is -0.494 e. The number of carbonyl (C=O) groups is 1. The van der Waals surface area contributed by atoms with Gasteiger partial charge in [-0.1, -0.05) is 6.07 Å². The smallest absolute Gasteiger partial charge is 0.326 e. The lowest BCUT2D eigenvalue weighted by atomic mass is 10.1. The van der Waals surface area contributed by atoms with Crippen LogP contribution in [0.4, 0.5) is 5.69 Å². The van der Waals surface area contributed by atoms with Gasteiger partial charge in [0.1, 0.15) is 11.8 Å². The normalized spacial score (nSPS) is 12.1. The van der Waals surface area contributed by atoms with Crippen LogP contribution in [0.25, 0.3) is 0 Å². The molecule has 0 radical (unpaired) electrons. The van der Waals surface area contributed by atoms with Crippen LogP contribution < -0.4 is 9.64 Å². The summed E-state index contributed by atoms with van der Waals surface area (Å²) in [6.45, 7) is 5.59. The number of rotatable bonds is 4. The van der Waals surface area contributed by atoms with Crippen molar-refractivity contribution in [3.8, 4) is 5.75 Å². The van der Waals surface area contributed by atoms with E-state index in [1.54, 1.807) is 26.0 Å². The number of anilines is 1. The molecule has 0 aromatic heterocycles. The van der Waals surface area contributed by atoms with Gasteiger partial charge in [0.2, 0.25) is 0 Å². The highest BCUT2D eigenvalue weighted by atomic mass is 16.5. The van der Waals surface area contributed by atoms with E-state index in [9.17, 15) is 4.79 Å². The number of methoxy groups -OCH3 is 1. The van der Waals surface area contributed by atoms with Gasteiger partial charge in [0.15, 0.2) is 0 Å². The van der Waals surface area contributed by atoms with Gasteiger partial charge in [-0.25, -0.2) is 4.79 Å². The number of aliphatic carboxylic acids is 1. The van der Waals surface area contributed by atoms with Crippen LogP contribution in [0.3, 0.4) is 0 Å². The summed E-state index contributed by atoms with van der Waals surface area (Å²) in [6, 6.07) is 3.36. The van der Waals surface area contributed by atoms with Crippen LogP contribution in [0.2, 0.25) is 0 Å². The van der Waals surface area contributed by atoms with Crippen molar-refractivity contribution in [1.29, 1.82) is 0 Å². The van der Waals surface area contributed by atoms with Gasteiger partial charge in [-0.15, -0.1) is 0 Å². The molecule has 0 spiro atoms. The highest BCUT2D eigenvalue weighted by Gasteiger charge is 2.21. The summed E-state index contributed by atoms with van der Waals surface area (Å²) in [5.41, 5.74) is 2.90. The van der Waals surface area contributed by atoms with Gasteiger partial charge >= 0.3 is 5.97 Å². The Morgan fingerprint density at radius 2 is 2.00 bits per heavy atom. The fourth-order valence-electron chi connectivity index (χ4n) is 1.83. The minimum absolute atomic E-state index is 0.593. The molecule has 1 unspecified atom stereocenters. The molecule has 4 heteroatoms. The van der Waals surface area contributed by atoms with Crippen LogP contribution in [-0.2, 0) is 4.79 Å². The highest BCUT2D eigenvalue weighted by Crippen LogP contribution is 2.33. The zero-order valence-electron chi connectivity index (χ0n) is 10.9. The molecule has 0 amide bonds. The van der Waals surface area contributed by atoms with Crippen molar-refractivity contribution in [2.75, 3.05) is 19.1 Å². The summed E-state index contributed by atoms with van der Waals surface area (Å²) < 4.78 is 5.35. The zero-order valence-corrected chi connectivity index (χ0v) is 10.9. The zero-order chi connectivity index (χ0) is 13.2. The third kappa shape index (κ3) is 2.70. The fourth-order valence-corrected chi connectivity index (χ4v) is 1.83. The summed E-state index contributed by atoms with van der Waals surface area (Å²) in [5.74, 6) is -0.125. The summed E-state index contributed by atoms with van der Waals surface area (Å²) >= 11 is 0. The molecule has 1 aromatic rings. The lowest BCUT2D eigenvalue weighted by molar-refractivity contribution is -0.138. The van der Waals surface area contributed by atoms with Crippen LogP contribution in [-0.4, -0.2) is 31.3 Å². The van der Waals surface area contributed by atoms with Gasteiger partial charge in [-0.3, -0.25) is 0 Å². The van der Waals surface area contributed by atoms with Crippen LogP contribution in [0.5, 0.6) is 5.75 Å². The monoisotopic (exact) mass is 237 g/mol. The van der Waals surface area contributed by atoms with Crippen molar-refractivity contribution in [1.82, 2.24) is 0 Å². The van der Waals surface area contributed by atoms with Crippen LogP contribution in [0, 0.1) is 13.8 Å². The van der Waals surface area contributed by atoms with Crippen molar-refractivity contribution < 1.29 is 14.6 Å². The van der Waals surface area contributed by atoms with Gasteiger partial charge in [-0.2, -0.15) is 0 Å². The molecule has 94 valence electrons. The van der Waals surface area contributed by atoms with E-state index in [4.69, 9.17) is 9.84 Å². The van der Waals surface area contributed by atoms with Crippen molar-refractivity contribution in [2.24, 2.45) is 0 Å². The molecule has 1 rings (SSSR count). The number of aryl methyl sites for hydroxylation is 2. The molecule has 0 aliphatic heterocycles. The average molecular weight is 237 g/mol. The maximum absolute atomic E-state index is 11.0. The highest BCUT2D eigenvalue weighted by molar-refractivity contribution is 5.79. The van der Waals surface area contributed by atoms with E-state index >= 15 is 0 Å². The Kier molecular flexibility index (Phi) is 3.99. The average Bonchev–Trinajstić information content (AvgIpc) is 2.25. The molecule has 4 nitrogen and oxygen atoms in total. The summed E-state index contributed by atoms with van der Waals surface area (Å²) in [6.07, 6.45) is 0. The first-order chi connectivity index (χ1) is 7.88. The summed E-state index contributed by atoms with van der Waals surface area (Å²) in [4.78, 5) is 12.7. The number of carboxylic acid groups (broad SMARTS) is 1. The van der Waals surface area contributed by atoms with Crippen molar-refractivity contribution >= 4 is 11.7 Å². The van der Waals surface area contributed by atoms with Crippen molar-refractivity contribution in [2.45, 2.75) is 26.8 Å².